The molecule has 0 unspecified atom stereocenters. The van der Waals surface area contributed by atoms with E-state index in [1.165, 1.54) is 0 Å². The van der Waals surface area contributed by atoms with E-state index in [4.69, 9.17) is 5.73 Å². The maximum Gasteiger partial charge on any atom is 0.573 e. The van der Waals surface area contributed by atoms with Crippen LogP contribution in [0.15, 0.2) is 6.07 Å². The first-order chi connectivity index (χ1) is 7.74. The average Bonchev–Trinajstić information content (AvgIpc) is 2.18. The number of nitrogen functional groups attached to an aromatic ring is 1. The Morgan fingerprint density at radius 3 is 2.35 bits per heavy atom. The smallest absolute Gasteiger partial charge is 0.481 e. The van der Waals surface area contributed by atoms with Crippen LogP contribution in [0.1, 0.15) is 12.1 Å². The molecule has 0 fully saturated rings. The molecule has 0 atom stereocenters. The van der Waals surface area contributed by atoms with Gasteiger partial charge in [0, 0.05) is 6.07 Å². The maximum absolute atomic E-state index is 12.5. The van der Waals surface area contributed by atoms with Crippen molar-refractivity contribution in [3.63, 3.8) is 0 Å². The number of anilines is 1. The van der Waals surface area contributed by atoms with Gasteiger partial charge in [-0.2, -0.15) is 0 Å². The van der Waals surface area contributed by atoms with Crippen LogP contribution in [0.5, 0.6) is 11.6 Å². The van der Waals surface area contributed by atoms with Gasteiger partial charge in [0.15, 0.2) is 11.4 Å². The summed E-state index contributed by atoms with van der Waals surface area (Å²) in [6.45, 7) is 0. The molecular formula is C8H7F5N2O2. The van der Waals surface area contributed by atoms with Crippen molar-refractivity contribution < 1.29 is 31.4 Å². The Morgan fingerprint density at radius 2 is 1.94 bits per heavy atom. The van der Waals surface area contributed by atoms with E-state index in [1.807, 2.05) is 0 Å². The van der Waals surface area contributed by atoms with Crippen LogP contribution in [0.3, 0.4) is 0 Å². The summed E-state index contributed by atoms with van der Waals surface area (Å²) in [4.78, 5) is 3.16. The average molecular weight is 258 g/mol. The number of alkyl halides is 5. The zero-order valence-corrected chi connectivity index (χ0v) is 8.39. The van der Waals surface area contributed by atoms with Gasteiger partial charge in [0.25, 0.3) is 6.43 Å². The van der Waals surface area contributed by atoms with Gasteiger partial charge < -0.3 is 15.2 Å². The molecule has 1 rings (SSSR count). The number of halogens is 5. The predicted octanol–water partition coefficient (Wildman–Crippen LogP) is 2.51. The van der Waals surface area contributed by atoms with Gasteiger partial charge in [-0.15, -0.1) is 13.2 Å². The van der Waals surface area contributed by atoms with Crippen molar-refractivity contribution in [1.82, 2.24) is 4.98 Å². The highest BCUT2D eigenvalue weighted by atomic mass is 19.4. The molecule has 0 radical (unpaired) electrons. The zero-order chi connectivity index (χ0) is 13.2. The van der Waals surface area contributed by atoms with Crippen molar-refractivity contribution in [1.29, 1.82) is 0 Å². The molecule has 0 spiro atoms. The van der Waals surface area contributed by atoms with Gasteiger partial charge in [0.1, 0.15) is 0 Å². The highest BCUT2D eigenvalue weighted by Gasteiger charge is 2.35. The summed E-state index contributed by atoms with van der Waals surface area (Å²) in [7, 11) is 1.11. The second-order valence-corrected chi connectivity index (χ2v) is 2.82. The van der Waals surface area contributed by atoms with Crippen molar-refractivity contribution in [2.45, 2.75) is 12.8 Å². The van der Waals surface area contributed by atoms with Crippen molar-refractivity contribution in [3.05, 3.63) is 11.8 Å². The molecule has 0 aromatic carbocycles. The van der Waals surface area contributed by atoms with E-state index in [-0.39, 0.29) is 5.88 Å². The van der Waals surface area contributed by atoms with Crippen molar-refractivity contribution in [2.75, 3.05) is 12.8 Å². The summed E-state index contributed by atoms with van der Waals surface area (Å²) >= 11 is 0. The molecule has 0 aliphatic heterocycles. The Kier molecular flexibility index (Phi) is 3.59. The first-order valence-electron chi connectivity index (χ1n) is 4.13. The molecule has 0 amide bonds. The van der Waals surface area contributed by atoms with Crippen molar-refractivity contribution >= 4 is 5.69 Å². The number of hydrogen-bond acceptors (Lipinski definition) is 4. The van der Waals surface area contributed by atoms with Crippen LogP contribution < -0.4 is 15.2 Å². The van der Waals surface area contributed by atoms with Gasteiger partial charge in [0.05, 0.1) is 12.8 Å². The lowest BCUT2D eigenvalue weighted by atomic mass is 10.3. The van der Waals surface area contributed by atoms with E-state index in [0.717, 1.165) is 13.2 Å². The van der Waals surface area contributed by atoms with Gasteiger partial charge in [-0.1, -0.05) is 0 Å². The van der Waals surface area contributed by atoms with Gasteiger partial charge in [0.2, 0.25) is 5.88 Å². The number of nitrogens with zero attached hydrogens (tertiary/aromatic N) is 1. The fourth-order valence-corrected chi connectivity index (χ4v) is 1.03. The van der Waals surface area contributed by atoms with Gasteiger partial charge in [-0.3, -0.25) is 0 Å². The van der Waals surface area contributed by atoms with E-state index in [0.29, 0.717) is 0 Å². The Labute approximate surface area is 92.1 Å². The van der Waals surface area contributed by atoms with Crippen LogP contribution in [0.25, 0.3) is 0 Å². The fraction of sp³-hybridized carbons (Fsp3) is 0.375. The van der Waals surface area contributed by atoms with Crippen molar-refractivity contribution in [3.8, 4) is 11.6 Å². The molecule has 1 aromatic heterocycles. The second-order valence-electron chi connectivity index (χ2n) is 2.82. The van der Waals surface area contributed by atoms with Gasteiger partial charge >= 0.3 is 6.36 Å². The lowest BCUT2D eigenvalue weighted by molar-refractivity contribution is -0.275. The maximum atomic E-state index is 12.5. The first-order valence-corrected chi connectivity index (χ1v) is 4.13. The van der Waals surface area contributed by atoms with E-state index >= 15 is 0 Å². The van der Waals surface area contributed by atoms with Gasteiger partial charge in [-0.05, 0) is 0 Å². The molecule has 0 saturated carbocycles. The summed E-state index contributed by atoms with van der Waals surface area (Å²) in [6.07, 6.45) is -8.40. The third-order valence-electron chi connectivity index (χ3n) is 1.64. The predicted molar refractivity (Wildman–Crippen MR) is 46.8 cm³/mol. The van der Waals surface area contributed by atoms with E-state index in [2.05, 4.69) is 14.5 Å². The van der Waals surface area contributed by atoms with Crippen LogP contribution in [0, 0.1) is 0 Å². The number of rotatable bonds is 3. The van der Waals surface area contributed by atoms with Gasteiger partial charge in [-0.25, -0.2) is 13.8 Å². The highest BCUT2D eigenvalue weighted by molar-refractivity contribution is 5.57. The fourth-order valence-electron chi connectivity index (χ4n) is 1.03. The number of pyridine rings is 1. The lowest BCUT2D eigenvalue weighted by Crippen LogP contribution is -2.20. The second kappa shape index (κ2) is 4.60. The summed E-state index contributed by atoms with van der Waals surface area (Å²) in [5.74, 6) is -1.54. The molecule has 1 heterocycles. The molecule has 0 saturated heterocycles. The van der Waals surface area contributed by atoms with E-state index in [1.54, 1.807) is 0 Å². The molecule has 9 heteroatoms. The zero-order valence-electron chi connectivity index (χ0n) is 8.39. The third-order valence-corrected chi connectivity index (χ3v) is 1.64. The quantitative estimate of drug-likeness (QED) is 0.846. The molecular weight excluding hydrogens is 251 g/mol. The monoisotopic (exact) mass is 258 g/mol. The normalized spacial score (nSPS) is 11.7. The van der Waals surface area contributed by atoms with E-state index in [9.17, 15) is 22.0 Å². The Hall–Kier alpha value is -1.80. The van der Waals surface area contributed by atoms with Crippen molar-refractivity contribution in [2.24, 2.45) is 0 Å². The van der Waals surface area contributed by atoms with Crippen LogP contribution in [-0.2, 0) is 0 Å². The molecule has 0 aliphatic carbocycles. The minimum atomic E-state index is -5.13. The largest absolute Gasteiger partial charge is 0.573 e. The molecule has 4 nitrogen and oxygen atoms in total. The molecule has 0 bridgehead atoms. The minimum Gasteiger partial charge on any atom is -0.481 e. The molecule has 0 aliphatic rings. The summed E-state index contributed by atoms with van der Waals surface area (Å²) < 4.78 is 68.8. The summed E-state index contributed by atoms with van der Waals surface area (Å²) in [6, 6.07) is 0.854. The molecule has 17 heavy (non-hydrogen) atoms. The Balaban J connectivity index is 3.27. The number of nitrogens with two attached hydrogens (primary N) is 1. The standard InChI is InChI=1S/C8H7F5N2O2/c1-16-4-2-3(14)6(17-8(11,12)13)5(15-4)7(9)10/h2,7H,1H3,(H2,14,15). The Morgan fingerprint density at radius 1 is 1.35 bits per heavy atom. The lowest BCUT2D eigenvalue weighted by Gasteiger charge is -2.15. The summed E-state index contributed by atoms with van der Waals surface area (Å²) in [5, 5.41) is 0. The Bertz CT molecular complexity index is 408. The van der Waals surface area contributed by atoms with Crippen LogP contribution in [-0.4, -0.2) is 18.5 Å². The summed E-state index contributed by atoms with van der Waals surface area (Å²) in [5.41, 5.74) is 3.31. The number of aromatic nitrogens is 1. The number of methoxy groups -OCH3 is 1. The molecule has 96 valence electrons. The first kappa shape index (κ1) is 13.3. The molecule has 2 N–H and O–H groups in total. The minimum absolute atomic E-state index is 0.327. The number of hydrogen-bond donors (Lipinski definition) is 1. The van der Waals surface area contributed by atoms with E-state index < -0.39 is 29.9 Å². The SMILES string of the molecule is COc1cc(N)c(OC(F)(F)F)c(C(F)F)n1. The molecule has 1 aromatic rings. The van der Waals surface area contributed by atoms with Crippen LogP contribution in [0.2, 0.25) is 0 Å². The third kappa shape index (κ3) is 3.33. The van der Waals surface area contributed by atoms with Crippen LogP contribution in [0.4, 0.5) is 27.6 Å². The number of ether oxygens (including phenoxy) is 2. The highest BCUT2D eigenvalue weighted by Crippen LogP contribution is 2.37. The van der Waals surface area contributed by atoms with Crippen LogP contribution >= 0.6 is 0 Å². The topological polar surface area (TPSA) is 57.4 Å².